The number of aliphatic hydroxyl groups is 1. The first-order chi connectivity index (χ1) is 9.25. The molecule has 1 unspecified atom stereocenters. The van der Waals surface area contributed by atoms with Crippen molar-refractivity contribution in [2.45, 2.75) is 82.9 Å². The van der Waals surface area contributed by atoms with Crippen LogP contribution in [-0.4, -0.2) is 47.8 Å². The molecule has 2 aliphatic carbocycles. The van der Waals surface area contributed by atoms with Crippen molar-refractivity contribution >= 4 is 0 Å². The molecule has 3 heteroatoms. The topological polar surface area (TPSA) is 35.5 Å². The molecule has 19 heavy (non-hydrogen) atoms. The van der Waals surface area contributed by atoms with E-state index >= 15 is 0 Å². The number of nitrogens with zero attached hydrogens (tertiary/aromatic N) is 1. The van der Waals surface area contributed by atoms with Crippen LogP contribution >= 0.6 is 0 Å². The molecule has 0 radical (unpaired) electrons. The van der Waals surface area contributed by atoms with Crippen LogP contribution in [0.15, 0.2) is 0 Å². The van der Waals surface area contributed by atoms with E-state index in [1.54, 1.807) is 0 Å². The number of nitrogens with one attached hydrogen (secondary N) is 1. The van der Waals surface area contributed by atoms with Gasteiger partial charge in [0.15, 0.2) is 0 Å². The first kappa shape index (κ1) is 15.3. The van der Waals surface area contributed by atoms with Gasteiger partial charge in [0, 0.05) is 18.6 Å². The predicted molar refractivity (Wildman–Crippen MR) is 80.4 cm³/mol. The van der Waals surface area contributed by atoms with E-state index in [9.17, 15) is 5.11 Å². The highest BCUT2D eigenvalue weighted by Gasteiger charge is 2.23. The second-order valence-corrected chi connectivity index (χ2v) is 6.57. The van der Waals surface area contributed by atoms with Crippen molar-refractivity contribution in [2.24, 2.45) is 0 Å². The van der Waals surface area contributed by atoms with Gasteiger partial charge in [0.1, 0.15) is 0 Å². The van der Waals surface area contributed by atoms with Gasteiger partial charge in [-0.25, -0.2) is 0 Å². The summed E-state index contributed by atoms with van der Waals surface area (Å²) in [5, 5.41) is 13.3. The van der Waals surface area contributed by atoms with Crippen LogP contribution in [0.2, 0.25) is 0 Å². The minimum absolute atomic E-state index is 0.191. The summed E-state index contributed by atoms with van der Waals surface area (Å²) in [7, 11) is 0. The molecule has 0 aromatic heterocycles. The highest BCUT2D eigenvalue weighted by Crippen LogP contribution is 2.24. The van der Waals surface area contributed by atoms with E-state index in [1.807, 2.05) is 6.92 Å². The Hall–Kier alpha value is -0.120. The van der Waals surface area contributed by atoms with E-state index in [2.05, 4.69) is 10.2 Å². The fourth-order valence-corrected chi connectivity index (χ4v) is 3.75. The normalized spacial score (nSPS) is 23.5. The van der Waals surface area contributed by atoms with Crippen LogP contribution in [0.1, 0.15) is 64.7 Å². The molecule has 0 spiro atoms. The molecule has 0 heterocycles. The molecular weight excluding hydrogens is 236 g/mol. The molecule has 0 amide bonds. The van der Waals surface area contributed by atoms with Gasteiger partial charge < -0.3 is 10.4 Å². The molecule has 0 aromatic carbocycles. The number of rotatable bonds is 8. The lowest BCUT2D eigenvalue weighted by atomic mass is 10.1. The van der Waals surface area contributed by atoms with Crippen LogP contribution in [0, 0.1) is 0 Å². The Morgan fingerprint density at radius 3 is 2.37 bits per heavy atom. The lowest BCUT2D eigenvalue weighted by Gasteiger charge is -2.30. The maximum absolute atomic E-state index is 9.65. The van der Waals surface area contributed by atoms with Gasteiger partial charge in [-0.1, -0.05) is 25.7 Å². The third-order valence-corrected chi connectivity index (χ3v) is 4.75. The summed E-state index contributed by atoms with van der Waals surface area (Å²) in [6, 6.07) is 1.53. The fraction of sp³-hybridized carbons (Fsp3) is 1.00. The quantitative estimate of drug-likeness (QED) is 0.664. The summed E-state index contributed by atoms with van der Waals surface area (Å²) < 4.78 is 0. The van der Waals surface area contributed by atoms with Crippen molar-refractivity contribution < 1.29 is 5.11 Å². The third kappa shape index (κ3) is 5.41. The largest absolute Gasteiger partial charge is 0.392 e. The Kier molecular flexibility index (Phi) is 6.62. The Balaban J connectivity index is 1.63. The van der Waals surface area contributed by atoms with Crippen molar-refractivity contribution in [1.29, 1.82) is 0 Å². The summed E-state index contributed by atoms with van der Waals surface area (Å²) >= 11 is 0. The van der Waals surface area contributed by atoms with E-state index < -0.39 is 0 Å². The second-order valence-electron chi connectivity index (χ2n) is 6.57. The molecule has 2 aliphatic rings. The van der Waals surface area contributed by atoms with Gasteiger partial charge >= 0.3 is 0 Å². The highest BCUT2D eigenvalue weighted by atomic mass is 16.3. The van der Waals surface area contributed by atoms with Crippen molar-refractivity contribution in [3.05, 3.63) is 0 Å². The smallest absolute Gasteiger partial charge is 0.0639 e. The van der Waals surface area contributed by atoms with E-state index in [4.69, 9.17) is 0 Å². The van der Waals surface area contributed by atoms with Gasteiger partial charge in [-0.05, 0) is 52.1 Å². The van der Waals surface area contributed by atoms with Crippen LogP contribution in [0.25, 0.3) is 0 Å². The molecule has 112 valence electrons. The van der Waals surface area contributed by atoms with Crippen LogP contribution in [-0.2, 0) is 0 Å². The van der Waals surface area contributed by atoms with E-state index in [0.29, 0.717) is 0 Å². The van der Waals surface area contributed by atoms with E-state index in [0.717, 1.165) is 31.7 Å². The molecule has 0 bridgehead atoms. The van der Waals surface area contributed by atoms with E-state index in [1.165, 1.54) is 57.8 Å². The van der Waals surface area contributed by atoms with Crippen molar-refractivity contribution in [3.63, 3.8) is 0 Å². The van der Waals surface area contributed by atoms with E-state index in [-0.39, 0.29) is 6.10 Å². The molecule has 2 saturated carbocycles. The monoisotopic (exact) mass is 268 g/mol. The second kappa shape index (κ2) is 8.23. The van der Waals surface area contributed by atoms with Gasteiger partial charge in [0.2, 0.25) is 0 Å². The van der Waals surface area contributed by atoms with Crippen LogP contribution in [0.4, 0.5) is 0 Å². The maximum Gasteiger partial charge on any atom is 0.0639 e. The Bertz CT molecular complexity index is 233. The minimum Gasteiger partial charge on any atom is -0.392 e. The summed E-state index contributed by atoms with van der Waals surface area (Å²) in [4.78, 5) is 2.54. The zero-order valence-corrected chi connectivity index (χ0v) is 12.6. The van der Waals surface area contributed by atoms with Crippen LogP contribution in [0.3, 0.4) is 0 Å². The summed E-state index contributed by atoms with van der Waals surface area (Å²) in [5.41, 5.74) is 0. The molecule has 3 nitrogen and oxygen atoms in total. The molecule has 2 rings (SSSR count). The summed E-state index contributed by atoms with van der Waals surface area (Å²) in [6.07, 6.45) is 12.0. The molecular formula is C16H32N2O. The highest BCUT2D eigenvalue weighted by molar-refractivity contribution is 4.79. The lowest BCUT2D eigenvalue weighted by Crippen LogP contribution is -2.40. The lowest BCUT2D eigenvalue weighted by molar-refractivity contribution is 0.0978. The zero-order valence-electron chi connectivity index (χ0n) is 12.6. The molecule has 0 aromatic rings. The average Bonchev–Trinajstić information content (AvgIpc) is 3.04. The van der Waals surface area contributed by atoms with Gasteiger partial charge in [-0.2, -0.15) is 0 Å². The number of hydrogen-bond acceptors (Lipinski definition) is 3. The van der Waals surface area contributed by atoms with Crippen molar-refractivity contribution in [1.82, 2.24) is 10.2 Å². The first-order valence-corrected chi connectivity index (χ1v) is 8.41. The van der Waals surface area contributed by atoms with Gasteiger partial charge in [0.05, 0.1) is 6.10 Å². The minimum atomic E-state index is -0.191. The van der Waals surface area contributed by atoms with Crippen molar-refractivity contribution in [2.75, 3.05) is 19.6 Å². The summed E-state index contributed by atoms with van der Waals surface area (Å²) in [5.74, 6) is 0. The zero-order chi connectivity index (χ0) is 13.5. The van der Waals surface area contributed by atoms with Gasteiger partial charge in [-0.15, -0.1) is 0 Å². The maximum atomic E-state index is 9.65. The summed E-state index contributed by atoms with van der Waals surface area (Å²) in [6.45, 7) is 5.07. The molecule has 2 N–H and O–H groups in total. The molecule has 0 aliphatic heterocycles. The van der Waals surface area contributed by atoms with Gasteiger partial charge in [-0.3, -0.25) is 4.90 Å². The van der Waals surface area contributed by atoms with Crippen LogP contribution < -0.4 is 5.32 Å². The van der Waals surface area contributed by atoms with Gasteiger partial charge in [0.25, 0.3) is 0 Å². The SMILES string of the molecule is CC(O)CN(CCCNC1CCCC1)C1CCCC1. The first-order valence-electron chi connectivity index (χ1n) is 8.41. The Morgan fingerprint density at radius 2 is 1.74 bits per heavy atom. The molecule has 2 fully saturated rings. The third-order valence-electron chi connectivity index (χ3n) is 4.75. The predicted octanol–water partition coefficient (Wildman–Crippen LogP) is 2.53. The molecule has 0 saturated heterocycles. The molecule has 1 atom stereocenters. The van der Waals surface area contributed by atoms with Crippen LogP contribution in [0.5, 0.6) is 0 Å². The number of hydrogen-bond donors (Lipinski definition) is 2. The fourth-order valence-electron chi connectivity index (χ4n) is 3.75. The average molecular weight is 268 g/mol. The standard InChI is InChI=1S/C16H32N2O/c1-14(19)13-18(16-9-4-5-10-16)12-6-11-17-15-7-2-3-8-15/h14-17,19H,2-13H2,1H3. The Morgan fingerprint density at radius 1 is 1.11 bits per heavy atom. The Labute approximate surface area is 118 Å². The number of aliphatic hydroxyl groups excluding tert-OH is 1. The van der Waals surface area contributed by atoms with Crippen molar-refractivity contribution in [3.8, 4) is 0 Å².